The lowest BCUT2D eigenvalue weighted by Gasteiger charge is -2.21. The van der Waals surface area contributed by atoms with Crippen molar-refractivity contribution in [1.82, 2.24) is 0 Å². The van der Waals surface area contributed by atoms with Crippen LogP contribution in [0.1, 0.15) is 52.4 Å². The molecule has 1 aromatic carbocycles. The van der Waals surface area contributed by atoms with E-state index in [4.69, 9.17) is 14.9 Å². The van der Waals surface area contributed by atoms with Crippen LogP contribution in [-0.4, -0.2) is 33.7 Å². The van der Waals surface area contributed by atoms with Gasteiger partial charge in [0.2, 0.25) is 5.91 Å². The Morgan fingerprint density at radius 3 is 2.04 bits per heavy atom. The molecule has 0 aliphatic heterocycles. The largest absolute Gasteiger partial charge is 0.481 e. The molecule has 0 heterocycles. The third-order valence-corrected chi connectivity index (χ3v) is 3.57. The van der Waals surface area contributed by atoms with Gasteiger partial charge in [0.1, 0.15) is 5.75 Å². The van der Waals surface area contributed by atoms with Gasteiger partial charge in [0.05, 0.1) is 0 Å². The van der Waals surface area contributed by atoms with Gasteiger partial charge in [-0.05, 0) is 51.0 Å². The first kappa shape index (κ1) is 20.5. The first-order chi connectivity index (χ1) is 11.7. The van der Waals surface area contributed by atoms with Gasteiger partial charge < -0.3 is 20.3 Å². The summed E-state index contributed by atoms with van der Waals surface area (Å²) in [7, 11) is 0. The fourth-order valence-electron chi connectivity index (χ4n) is 2.08. The van der Waals surface area contributed by atoms with E-state index in [-0.39, 0.29) is 12.3 Å². The number of hydrogen-bond acceptors (Lipinski definition) is 4. The highest BCUT2D eigenvalue weighted by atomic mass is 16.5. The van der Waals surface area contributed by atoms with Gasteiger partial charge in [-0.15, -0.1) is 0 Å². The second-order valence-corrected chi connectivity index (χ2v) is 6.30. The molecule has 0 bridgehead atoms. The maximum Gasteiger partial charge on any atom is 0.347 e. The summed E-state index contributed by atoms with van der Waals surface area (Å²) in [5, 5.41) is 20.3. The fourth-order valence-corrected chi connectivity index (χ4v) is 2.08. The minimum absolute atomic E-state index is 0.113. The quantitative estimate of drug-likeness (QED) is 0.527. The van der Waals surface area contributed by atoms with Gasteiger partial charge in [-0.1, -0.05) is 12.8 Å². The maximum atomic E-state index is 11.8. The summed E-state index contributed by atoms with van der Waals surface area (Å²) < 4.78 is 5.39. The van der Waals surface area contributed by atoms with Gasteiger partial charge in [0.15, 0.2) is 5.60 Å². The van der Waals surface area contributed by atoms with Gasteiger partial charge in [0.25, 0.3) is 0 Å². The van der Waals surface area contributed by atoms with Crippen LogP contribution in [0.5, 0.6) is 5.75 Å². The van der Waals surface area contributed by atoms with Gasteiger partial charge in [0, 0.05) is 18.5 Å². The zero-order chi connectivity index (χ0) is 18.9. The van der Waals surface area contributed by atoms with E-state index in [2.05, 4.69) is 5.32 Å². The lowest BCUT2D eigenvalue weighted by molar-refractivity contribution is -0.152. The Labute approximate surface area is 147 Å². The van der Waals surface area contributed by atoms with E-state index in [0.29, 0.717) is 30.7 Å². The van der Waals surface area contributed by atoms with Crippen LogP contribution < -0.4 is 10.1 Å². The van der Waals surface area contributed by atoms with Crippen molar-refractivity contribution in [2.75, 3.05) is 5.32 Å². The number of ether oxygens (including phenoxy) is 1. The lowest BCUT2D eigenvalue weighted by Crippen LogP contribution is -2.37. The number of anilines is 1. The molecule has 0 aliphatic rings. The first-order valence-electron chi connectivity index (χ1n) is 8.25. The summed E-state index contributed by atoms with van der Waals surface area (Å²) in [6.45, 7) is 2.92. The van der Waals surface area contributed by atoms with E-state index in [9.17, 15) is 14.4 Å². The maximum absolute atomic E-state index is 11.8. The highest BCUT2D eigenvalue weighted by molar-refractivity contribution is 5.90. The standard InChI is InChI=1S/C18H25NO6/c1-18(2,17(23)24)25-14-11-9-13(10-12-14)19-15(20)7-5-3-4-6-8-16(21)22/h9-12H,3-8H2,1-2H3,(H,19,20)(H,21,22)(H,23,24). The second-order valence-electron chi connectivity index (χ2n) is 6.30. The van der Waals surface area contributed by atoms with Crippen molar-refractivity contribution in [3.8, 4) is 5.75 Å². The summed E-state index contributed by atoms with van der Waals surface area (Å²) in [5.41, 5.74) is -0.720. The Morgan fingerprint density at radius 2 is 1.52 bits per heavy atom. The predicted octanol–water partition coefficient (Wildman–Crippen LogP) is 3.29. The number of carbonyl (C=O) groups is 3. The molecule has 0 saturated heterocycles. The molecule has 1 aromatic rings. The minimum Gasteiger partial charge on any atom is -0.481 e. The van der Waals surface area contributed by atoms with Gasteiger partial charge in [-0.25, -0.2) is 4.79 Å². The van der Waals surface area contributed by atoms with Crippen molar-refractivity contribution in [2.24, 2.45) is 0 Å². The monoisotopic (exact) mass is 351 g/mol. The number of rotatable bonds is 11. The summed E-state index contributed by atoms with van der Waals surface area (Å²) in [6.07, 6.45) is 3.49. The number of benzene rings is 1. The third-order valence-electron chi connectivity index (χ3n) is 3.57. The zero-order valence-corrected chi connectivity index (χ0v) is 14.6. The summed E-state index contributed by atoms with van der Waals surface area (Å²) >= 11 is 0. The van der Waals surface area contributed by atoms with Crippen LogP contribution in [0.3, 0.4) is 0 Å². The molecule has 0 unspecified atom stereocenters. The first-order valence-corrected chi connectivity index (χ1v) is 8.25. The van der Waals surface area contributed by atoms with Crippen LogP contribution >= 0.6 is 0 Å². The molecule has 0 fully saturated rings. The molecule has 0 aliphatic carbocycles. The normalized spacial score (nSPS) is 11.0. The SMILES string of the molecule is CC(C)(Oc1ccc(NC(=O)CCCCCCC(=O)O)cc1)C(=O)O. The van der Waals surface area contributed by atoms with Crippen molar-refractivity contribution >= 4 is 23.5 Å². The average Bonchev–Trinajstić information content (AvgIpc) is 2.52. The Bertz CT molecular complexity index is 594. The van der Waals surface area contributed by atoms with Crippen LogP contribution in [-0.2, 0) is 14.4 Å². The van der Waals surface area contributed by atoms with E-state index in [1.54, 1.807) is 24.3 Å². The minimum atomic E-state index is -1.33. The van der Waals surface area contributed by atoms with Crippen molar-refractivity contribution in [3.05, 3.63) is 24.3 Å². The number of nitrogens with one attached hydrogen (secondary N) is 1. The van der Waals surface area contributed by atoms with E-state index in [0.717, 1.165) is 12.8 Å². The molecule has 0 aromatic heterocycles. The number of carboxylic acids is 2. The highest BCUT2D eigenvalue weighted by Crippen LogP contribution is 2.21. The molecule has 138 valence electrons. The summed E-state index contributed by atoms with van der Waals surface area (Å²) in [5.74, 6) is -1.56. The van der Waals surface area contributed by atoms with Crippen LogP contribution in [0, 0.1) is 0 Å². The number of amides is 1. The topological polar surface area (TPSA) is 113 Å². The lowest BCUT2D eigenvalue weighted by atomic mass is 10.1. The Morgan fingerprint density at radius 1 is 0.960 bits per heavy atom. The molecule has 25 heavy (non-hydrogen) atoms. The number of unbranched alkanes of at least 4 members (excludes halogenated alkanes) is 3. The van der Waals surface area contributed by atoms with Crippen molar-refractivity contribution in [1.29, 1.82) is 0 Å². The molecular formula is C18H25NO6. The molecule has 7 heteroatoms. The molecule has 0 radical (unpaired) electrons. The number of aliphatic carboxylic acids is 2. The number of carboxylic acid groups (broad SMARTS) is 2. The molecule has 0 saturated carbocycles. The third kappa shape index (κ3) is 8.19. The summed E-state index contributed by atoms with van der Waals surface area (Å²) in [6, 6.07) is 6.51. The van der Waals surface area contributed by atoms with Crippen LogP contribution in [0.15, 0.2) is 24.3 Å². The molecule has 1 amide bonds. The van der Waals surface area contributed by atoms with E-state index >= 15 is 0 Å². The van der Waals surface area contributed by atoms with Crippen molar-refractivity contribution in [3.63, 3.8) is 0 Å². The van der Waals surface area contributed by atoms with Crippen LogP contribution in [0.25, 0.3) is 0 Å². The highest BCUT2D eigenvalue weighted by Gasteiger charge is 2.29. The van der Waals surface area contributed by atoms with Crippen LogP contribution in [0.4, 0.5) is 5.69 Å². The zero-order valence-electron chi connectivity index (χ0n) is 14.6. The molecule has 1 rings (SSSR count). The second kappa shape index (κ2) is 9.66. The van der Waals surface area contributed by atoms with E-state index in [1.807, 2.05) is 0 Å². The van der Waals surface area contributed by atoms with E-state index in [1.165, 1.54) is 13.8 Å². The number of hydrogen-bond donors (Lipinski definition) is 3. The van der Waals surface area contributed by atoms with Crippen LogP contribution in [0.2, 0.25) is 0 Å². The van der Waals surface area contributed by atoms with Crippen molar-refractivity contribution in [2.45, 2.75) is 58.0 Å². The van der Waals surface area contributed by atoms with Crippen molar-refractivity contribution < 1.29 is 29.3 Å². The molecule has 0 spiro atoms. The smallest absolute Gasteiger partial charge is 0.347 e. The predicted molar refractivity (Wildman–Crippen MR) is 92.8 cm³/mol. The fraction of sp³-hybridized carbons (Fsp3) is 0.500. The molecule has 7 nitrogen and oxygen atoms in total. The van der Waals surface area contributed by atoms with E-state index < -0.39 is 17.5 Å². The molecule has 3 N–H and O–H groups in total. The average molecular weight is 351 g/mol. The Hall–Kier alpha value is -2.57. The summed E-state index contributed by atoms with van der Waals surface area (Å²) in [4.78, 5) is 33.2. The van der Waals surface area contributed by atoms with Gasteiger partial charge in [-0.3, -0.25) is 9.59 Å². The molecule has 0 atom stereocenters. The Kier molecular flexibility index (Phi) is 7.91. The van der Waals surface area contributed by atoms with Gasteiger partial charge in [-0.2, -0.15) is 0 Å². The van der Waals surface area contributed by atoms with Gasteiger partial charge >= 0.3 is 11.9 Å². The number of carbonyl (C=O) groups excluding carboxylic acids is 1. The molecular weight excluding hydrogens is 326 g/mol. The Balaban J connectivity index is 2.33.